The second-order valence-electron chi connectivity index (χ2n) is 10.6. The minimum atomic E-state index is -4.68. The van der Waals surface area contributed by atoms with E-state index in [-0.39, 0.29) is 35.5 Å². The summed E-state index contributed by atoms with van der Waals surface area (Å²) < 4.78 is 44.0. The van der Waals surface area contributed by atoms with E-state index in [0.29, 0.717) is 49.5 Å². The Bertz CT molecular complexity index is 1690. The van der Waals surface area contributed by atoms with Crippen molar-refractivity contribution >= 4 is 17.5 Å². The molecule has 2 amide bonds. The van der Waals surface area contributed by atoms with Crippen LogP contribution < -0.4 is 0 Å². The lowest BCUT2D eigenvalue weighted by Crippen LogP contribution is -2.51. The average molecular weight is 578 g/mol. The predicted octanol–water partition coefficient (Wildman–Crippen LogP) is 4.08. The maximum atomic E-state index is 13.8. The van der Waals surface area contributed by atoms with Gasteiger partial charge in [-0.1, -0.05) is 31.9 Å². The van der Waals surface area contributed by atoms with Crippen molar-refractivity contribution in [2.75, 3.05) is 26.2 Å². The summed E-state index contributed by atoms with van der Waals surface area (Å²) in [5.41, 5.74) is 2.29. The zero-order valence-electron chi connectivity index (χ0n) is 23.5. The van der Waals surface area contributed by atoms with Crippen molar-refractivity contribution in [3.8, 4) is 23.6 Å². The first-order valence-electron chi connectivity index (χ1n) is 13.5. The number of imidazole rings is 1. The van der Waals surface area contributed by atoms with Crippen LogP contribution in [-0.4, -0.2) is 71.9 Å². The molecule has 12 heteroatoms. The van der Waals surface area contributed by atoms with E-state index >= 15 is 0 Å². The molecular weight excluding hydrogens is 547 g/mol. The molecule has 0 bridgehead atoms. The third-order valence-corrected chi connectivity index (χ3v) is 7.33. The molecule has 0 unspecified atom stereocenters. The first-order chi connectivity index (χ1) is 20.0. The minimum absolute atomic E-state index is 0.0776. The predicted molar refractivity (Wildman–Crippen MR) is 149 cm³/mol. The van der Waals surface area contributed by atoms with Crippen LogP contribution in [0.5, 0.6) is 0 Å². The number of nitrogens with zero attached hydrogens (tertiary/aromatic N) is 7. The number of rotatable bonds is 6. The largest absolute Gasteiger partial charge is 0.435 e. The van der Waals surface area contributed by atoms with E-state index in [2.05, 4.69) is 21.0 Å². The van der Waals surface area contributed by atoms with Gasteiger partial charge in [0.05, 0.1) is 23.1 Å². The third kappa shape index (κ3) is 5.59. The smallest absolute Gasteiger partial charge is 0.339 e. The second-order valence-corrected chi connectivity index (χ2v) is 10.6. The summed E-state index contributed by atoms with van der Waals surface area (Å²) in [6, 6.07) is 5.54. The lowest BCUT2D eigenvalue weighted by atomic mass is 10.0. The van der Waals surface area contributed by atoms with Crippen LogP contribution in [0.4, 0.5) is 13.2 Å². The molecule has 5 rings (SSSR count). The van der Waals surface area contributed by atoms with Gasteiger partial charge in [0, 0.05) is 62.7 Å². The van der Waals surface area contributed by atoms with Crippen LogP contribution in [0, 0.1) is 25.2 Å². The highest BCUT2D eigenvalue weighted by Crippen LogP contribution is 2.36. The molecule has 0 atom stereocenters. The molecule has 1 aliphatic heterocycles. The van der Waals surface area contributed by atoms with Gasteiger partial charge in [-0.25, -0.2) is 4.98 Å². The highest BCUT2D eigenvalue weighted by Gasteiger charge is 2.38. The Labute approximate surface area is 241 Å². The molecule has 1 fully saturated rings. The van der Waals surface area contributed by atoms with Crippen LogP contribution in [0.25, 0.3) is 16.9 Å². The summed E-state index contributed by atoms with van der Waals surface area (Å²) in [6.45, 7) is 7.48. The maximum absolute atomic E-state index is 13.8. The normalized spacial score (nSPS) is 14.0. The van der Waals surface area contributed by atoms with E-state index in [1.807, 2.05) is 32.9 Å². The lowest BCUT2D eigenvalue weighted by Gasteiger charge is -2.35. The highest BCUT2D eigenvalue weighted by atomic mass is 19.4. The third-order valence-electron chi connectivity index (χ3n) is 7.33. The van der Waals surface area contributed by atoms with E-state index < -0.39 is 11.9 Å². The van der Waals surface area contributed by atoms with Gasteiger partial charge < -0.3 is 9.80 Å². The quantitative estimate of drug-likeness (QED) is 0.322. The number of terminal acetylenes is 1. The molecule has 1 aromatic carbocycles. The van der Waals surface area contributed by atoms with Crippen LogP contribution in [0.1, 0.15) is 46.7 Å². The topological polar surface area (TPSA) is 88.6 Å². The molecule has 0 saturated carbocycles. The second kappa shape index (κ2) is 11.3. The van der Waals surface area contributed by atoms with Crippen LogP contribution >= 0.6 is 0 Å². The number of hydrogen-bond acceptors (Lipinski definition) is 5. The zero-order chi connectivity index (χ0) is 30.2. The number of amides is 2. The standard InChI is InChI=1S/C30H30F3N7O2/c1-5-9-39-18-23(26(36-39)30(31,32)33)25-17-35-27-24(34-8-10-40(25)27)16-21-6-7-22(20(4)15-21)29(42)38-13-11-37(12-14-38)28(41)19(2)3/h1,6-8,10,15,17-19H,9,11-14,16H2,2-4H3. The number of benzene rings is 1. The van der Waals surface area contributed by atoms with E-state index in [9.17, 15) is 22.8 Å². The minimum Gasteiger partial charge on any atom is -0.339 e. The molecular formula is C30H30F3N7O2. The summed E-state index contributed by atoms with van der Waals surface area (Å²) in [5, 5.41) is 3.65. The Kier molecular flexibility index (Phi) is 7.77. The van der Waals surface area contributed by atoms with Gasteiger partial charge >= 0.3 is 6.18 Å². The van der Waals surface area contributed by atoms with Gasteiger partial charge in [0.25, 0.3) is 5.91 Å². The first kappa shape index (κ1) is 28.9. The van der Waals surface area contributed by atoms with E-state index in [0.717, 1.165) is 15.8 Å². The average Bonchev–Trinajstić information content (AvgIpc) is 3.58. The number of halogens is 3. The number of hydrogen-bond donors (Lipinski definition) is 0. The molecule has 9 nitrogen and oxygen atoms in total. The number of piperazine rings is 1. The lowest BCUT2D eigenvalue weighted by molar-refractivity contribution is -0.141. The summed E-state index contributed by atoms with van der Waals surface area (Å²) in [7, 11) is 0. The van der Waals surface area contributed by atoms with Gasteiger partial charge in [-0.3, -0.25) is 23.7 Å². The van der Waals surface area contributed by atoms with Crippen molar-refractivity contribution in [1.29, 1.82) is 0 Å². The monoisotopic (exact) mass is 577 g/mol. The number of alkyl halides is 3. The molecule has 4 heterocycles. The van der Waals surface area contributed by atoms with Crippen LogP contribution in [0.3, 0.4) is 0 Å². The Balaban J connectivity index is 1.36. The molecule has 0 radical (unpaired) electrons. The maximum Gasteiger partial charge on any atom is 0.435 e. The van der Waals surface area contributed by atoms with Gasteiger partial charge in [0.1, 0.15) is 6.54 Å². The van der Waals surface area contributed by atoms with Crippen LogP contribution in [0.2, 0.25) is 0 Å². The Morgan fingerprint density at radius 3 is 2.45 bits per heavy atom. The van der Waals surface area contributed by atoms with Gasteiger partial charge in [0.2, 0.25) is 5.91 Å². The highest BCUT2D eigenvalue weighted by molar-refractivity contribution is 5.96. The number of aryl methyl sites for hydroxylation is 1. The van der Waals surface area contributed by atoms with Crippen molar-refractivity contribution in [3.05, 3.63) is 71.1 Å². The molecule has 218 valence electrons. The molecule has 4 aromatic rings. The molecule has 1 aliphatic rings. The Morgan fingerprint density at radius 1 is 1.10 bits per heavy atom. The van der Waals surface area contributed by atoms with Crippen molar-refractivity contribution in [3.63, 3.8) is 0 Å². The Morgan fingerprint density at radius 2 is 1.81 bits per heavy atom. The number of fused-ring (bicyclic) bond motifs is 1. The fourth-order valence-electron chi connectivity index (χ4n) is 5.22. The molecule has 0 aliphatic carbocycles. The molecule has 0 N–H and O–H groups in total. The Hall–Kier alpha value is -4.66. The van der Waals surface area contributed by atoms with Gasteiger partial charge in [-0.05, 0) is 24.1 Å². The fraction of sp³-hybridized carbons (Fsp3) is 0.367. The van der Waals surface area contributed by atoms with Crippen molar-refractivity contribution in [2.45, 2.75) is 39.9 Å². The van der Waals surface area contributed by atoms with Crippen molar-refractivity contribution < 1.29 is 22.8 Å². The summed E-state index contributed by atoms with van der Waals surface area (Å²) >= 11 is 0. The van der Waals surface area contributed by atoms with Crippen LogP contribution in [-0.2, 0) is 23.9 Å². The molecule has 0 spiro atoms. The summed E-state index contributed by atoms with van der Waals surface area (Å²) in [6.07, 6.45) is 6.67. The van der Waals surface area contributed by atoms with E-state index in [1.54, 1.807) is 26.5 Å². The molecule has 3 aromatic heterocycles. The zero-order valence-corrected chi connectivity index (χ0v) is 23.5. The number of carbonyl (C=O) groups excluding carboxylic acids is 2. The summed E-state index contributed by atoms with van der Waals surface area (Å²) in [5.74, 6) is 2.23. The van der Waals surface area contributed by atoms with E-state index in [4.69, 9.17) is 6.42 Å². The molecule has 42 heavy (non-hydrogen) atoms. The molecule has 1 saturated heterocycles. The van der Waals surface area contributed by atoms with Gasteiger partial charge in [-0.2, -0.15) is 18.3 Å². The number of aromatic nitrogens is 5. The summed E-state index contributed by atoms with van der Waals surface area (Å²) in [4.78, 5) is 37.9. The fourth-order valence-corrected chi connectivity index (χ4v) is 5.22. The number of carbonyl (C=O) groups is 2. The van der Waals surface area contributed by atoms with Gasteiger partial charge in [-0.15, -0.1) is 6.42 Å². The van der Waals surface area contributed by atoms with E-state index in [1.165, 1.54) is 18.6 Å². The van der Waals surface area contributed by atoms with Crippen molar-refractivity contribution in [2.24, 2.45) is 5.92 Å². The SMILES string of the molecule is C#CCn1cc(-c2cnc3c(Cc4ccc(C(=O)N5CCN(C(=O)C(C)C)CC5)c(C)c4)nccn23)c(C(F)(F)F)n1. The first-order valence-corrected chi connectivity index (χ1v) is 13.5. The van der Waals surface area contributed by atoms with Crippen molar-refractivity contribution in [1.82, 2.24) is 33.9 Å². The van der Waals surface area contributed by atoms with Crippen LogP contribution in [0.15, 0.2) is 43.0 Å². The van der Waals surface area contributed by atoms with Gasteiger partial charge in [0.15, 0.2) is 11.3 Å².